The van der Waals surface area contributed by atoms with Crippen molar-refractivity contribution in [3.05, 3.63) is 44.6 Å². The summed E-state index contributed by atoms with van der Waals surface area (Å²) in [4.78, 5) is 5.32. The number of nitrogens with one attached hydrogen (secondary N) is 1. The summed E-state index contributed by atoms with van der Waals surface area (Å²) in [5.74, 6) is -0.248. The van der Waals surface area contributed by atoms with E-state index in [-0.39, 0.29) is 11.9 Å². The first-order chi connectivity index (χ1) is 8.08. The number of nitrogens with zero attached hydrogens (tertiary/aromatic N) is 1. The van der Waals surface area contributed by atoms with Crippen molar-refractivity contribution in [2.45, 2.75) is 19.9 Å². The zero-order valence-electron chi connectivity index (χ0n) is 9.50. The Balaban J connectivity index is 2.21. The molecule has 0 aliphatic carbocycles. The number of halogens is 2. The highest BCUT2D eigenvalue weighted by molar-refractivity contribution is 9.10. The largest absolute Gasteiger partial charge is 0.375 e. The van der Waals surface area contributed by atoms with Crippen LogP contribution in [0.1, 0.15) is 23.5 Å². The molecule has 1 unspecified atom stereocenters. The molecule has 0 bridgehead atoms. The van der Waals surface area contributed by atoms with Crippen LogP contribution in [0.25, 0.3) is 0 Å². The van der Waals surface area contributed by atoms with Crippen LogP contribution in [0.5, 0.6) is 0 Å². The van der Waals surface area contributed by atoms with Crippen LogP contribution < -0.4 is 5.32 Å². The molecule has 1 heterocycles. The van der Waals surface area contributed by atoms with Crippen molar-refractivity contribution in [3.63, 3.8) is 0 Å². The van der Waals surface area contributed by atoms with E-state index in [2.05, 4.69) is 26.2 Å². The molecule has 0 saturated heterocycles. The smallest absolute Gasteiger partial charge is 0.146 e. The molecule has 0 aliphatic rings. The topological polar surface area (TPSA) is 24.9 Å². The number of benzene rings is 1. The third-order valence-corrected chi connectivity index (χ3v) is 4.08. The summed E-state index contributed by atoms with van der Waals surface area (Å²) in [6.45, 7) is 3.96. The maximum absolute atomic E-state index is 13.6. The molecule has 1 atom stereocenters. The maximum Gasteiger partial charge on any atom is 0.146 e. The number of hydrogen-bond donors (Lipinski definition) is 1. The SMILES string of the molecule is Cc1ncsc1C(C)Nc1cc(Br)ccc1F. The molecule has 2 rings (SSSR count). The van der Waals surface area contributed by atoms with Crippen LogP contribution in [-0.2, 0) is 0 Å². The molecule has 0 fully saturated rings. The van der Waals surface area contributed by atoms with Gasteiger partial charge in [-0.2, -0.15) is 0 Å². The Morgan fingerprint density at radius 1 is 1.47 bits per heavy atom. The molecule has 1 aromatic carbocycles. The second kappa shape index (κ2) is 5.14. The molecule has 90 valence electrons. The predicted molar refractivity (Wildman–Crippen MR) is 73.0 cm³/mol. The molecule has 2 aromatic rings. The lowest BCUT2D eigenvalue weighted by Crippen LogP contribution is -2.07. The molecule has 1 N–H and O–H groups in total. The van der Waals surface area contributed by atoms with Gasteiger partial charge in [0, 0.05) is 9.35 Å². The van der Waals surface area contributed by atoms with Crippen molar-refractivity contribution in [1.29, 1.82) is 0 Å². The van der Waals surface area contributed by atoms with E-state index in [9.17, 15) is 4.39 Å². The average Bonchev–Trinajstić information content (AvgIpc) is 2.70. The summed E-state index contributed by atoms with van der Waals surface area (Å²) in [7, 11) is 0. The average molecular weight is 315 g/mol. The summed E-state index contributed by atoms with van der Waals surface area (Å²) in [5, 5.41) is 3.16. The fraction of sp³-hybridized carbons (Fsp3) is 0.250. The van der Waals surface area contributed by atoms with E-state index in [1.165, 1.54) is 6.07 Å². The summed E-state index contributed by atoms with van der Waals surface area (Å²) < 4.78 is 14.4. The highest BCUT2D eigenvalue weighted by atomic mass is 79.9. The number of anilines is 1. The van der Waals surface area contributed by atoms with E-state index in [1.54, 1.807) is 29.0 Å². The lowest BCUT2D eigenvalue weighted by atomic mass is 10.2. The first-order valence-corrected chi connectivity index (χ1v) is 6.86. The van der Waals surface area contributed by atoms with Crippen LogP contribution in [0.2, 0.25) is 0 Å². The molecule has 0 amide bonds. The number of rotatable bonds is 3. The van der Waals surface area contributed by atoms with E-state index < -0.39 is 0 Å². The number of aryl methyl sites for hydroxylation is 1. The number of aromatic nitrogens is 1. The van der Waals surface area contributed by atoms with Crippen LogP contribution in [0.4, 0.5) is 10.1 Å². The van der Waals surface area contributed by atoms with Crippen molar-refractivity contribution in [1.82, 2.24) is 4.98 Å². The van der Waals surface area contributed by atoms with Gasteiger partial charge in [-0.1, -0.05) is 15.9 Å². The Hall–Kier alpha value is -0.940. The molecule has 0 aliphatic heterocycles. The third kappa shape index (κ3) is 2.84. The molecule has 0 spiro atoms. The fourth-order valence-corrected chi connectivity index (χ4v) is 2.81. The Morgan fingerprint density at radius 2 is 2.24 bits per heavy atom. The molecular formula is C12H12BrFN2S. The van der Waals surface area contributed by atoms with Crippen LogP contribution in [0.15, 0.2) is 28.2 Å². The van der Waals surface area contributed by atoms with Crippen LogP contribution in [0, 0.1) is 12.7 Å². The second-order valence-electron chi connectivity index (χ2n) is 3.79. The van der Waals surface area contributed by atoms with E-state index in [0.29, 0.717) is 5.69 Å². The fourth-order valence-electron chi connectivity index (χ4n) is 1.63. The van der Waals surface area contributed by atoms with Gasteiger partial charge in [-0.3, -0.25) is 0 Å². The molecule has 0 saturated carbocycles. The van der Waals surface area contributed by atoms with Gasteiger partial charge in [0.25, 0.3) is 0 Å². The Bertz CT molecular complexity index is 527. The lowest BCUT2D eigenvalue weighted by molar-refractivity contribution is 0.627. The van der Waals surface area contributed by atoms with Crippen LogP contribution in [-0.4, -0.2) is 4.98 Å². The van der Waals surface area contributed by atoms with Crippen molar-refractivity contribution in [2.24, 2.45) is 0 Å². The minimum atomic E-state index is -0.248. The second-order valence-corrected chi connectivity index (χ2v) is 5.59. The highest BCUT2D eigenvalue weighted by Gasteiger charge is 2.12. The first-order valence-electron chi connectivity index (χ1n) is 5.19. The zero-order chi connectivity index (χ0) is 12.4. The van der Waals surface area contributed by atoms with Crippen LogP contribution in [0.3, 0.4) is 0 Å². The molecule has 5 heteroatoms. The normalized spacial score (nSPS) is 12.5. The molecule has 0 radical (unpaired) electrons. The van der Waals surface area contributed by atoms with Gasteiger partial charge in [0.15, 0.2) is 0 Å². The van der Waals surface area contributed by atoms with Gasteiger partial charge in [0.2, 0.25) is 0 Å². The van der Waals surface area contributed by atoms with E-state index >= 15 is 0 Å². The van der Waals surface area contributed by atoms with Gasteiger partial charge in [0.1, 0.15) is 5.82 Å². The Kier molecular flexibility index (Phi) is 3.79. The zero-order valence-corrected chi connectivity index (χ0v) is 11.9. The molecule has 17 heavy (non-hydrogen) atoms. The van der Waals surface area contributed by atoms with Gasteiger partial charge in [-0.05, 0) is 32.0 Å². The van der Waals surface area contributed by atoms with Crippen LogP contribution >= 0.6 is 27.3 Å². The van der Waals surface area contributed by atoms with Gasteiger partial charge in [-0.25, -0.2) is 9.37 Å². The van der Waals surface area contributed by atoms with Crippen molar-refractivity contribution in [3.8, 4) is 0 Å². The Morgan fingerprint density at radius 3 is 2.88 bits per heavy atom. The molecular weight excluding hydrogens is 303 g/mol. The molecule has 1 aromatic heterocycles. The van der Waals surface area contributed by atoms with E-state index in [0.717, 1.165) is 15.0 Å². The summed E-state index contributed by atoms with van der Waals surface area (Å²) >= 11 is 4.91. The minimum absolute atomic E-state index is 0.0475. The Labute approximate surface area is 112 Å². The van der Waals surface area contributed by atoms with E-state index in [1.807, 2.05) is 13.8 Å². The summed E-state index contributed by atoms with van der Waals surface area (Å²) in [6, 6.07) is 4.91. The number of thiazole rings is 1. The van der Waals surface area contributed by atoms with E-state index in [4.69, 9.17) is 0 Å². The van der Waals surface area contributed by atoms with Gasteiger partial charge in [-0.15, -0.1) is 11.3 Å². The standard InChI is InChI=1S/C12H12BrFN2S/c1-7-12(17-6-15-7)8(2)16-11-5-9(13)3-4-10(11)14/h3-6,8,16H,1-2H3. The highest BCUT2D eigenvalue weighted by Crippen LogP contribution is 2.27. The predicted octanol–water partition coefficient (Wildman–Crippen LogP) is 4.53. The third-order valence-electron chi connectivity index (χ3n) is 2.48. The monoisotopic (exact) mass is 314 g/mol. The summed E-state index contributed by atoms with van der Waals surface area (Å²) in [5.41, 5.74) is 3.30. The quantitative estimate of drug-likeness (QED) is 0.900. The first kappa shape index (κ1) is 12.5. The maximum atomic E-state index is 13.6. The van der Waals surface area contributed by atoms with Crippen molar-refractivity contribution >= 4 is 33.0 Å². The summed E-state index contributed by atoms with van der Waals surface area (Å²) in [6.07, 6.45) is 0. The van der Waals surface area contributed by atoms with Crippen molar-refractivity contribution < 1.29 is 4.39 Å². The number of hydrogen-bond acceptors (Lipinski definition) is 3. The minimum Gasteiger partial charge on any atom is -0.375 e. The van der Waals surface area contributed by atoms with Gasteiger partial charge < -0.3 is 5.32 Å². The van der Waals surface area contributed by atoms with Crippen molar-refractivity contribution in [2.75, 3.05) is 5.32 Å². The lowest BCUT2D eigenvalue weighted by Gasteiger charge is -2.15. The van der Waals surface area contributed by atoms with Gasteiger partial charge >= 0.3 is 0 Å². The van der Waals surface area contributed by atoms with Gasteiger partial charge in [0.05, 0.1) is 22.9 Å². The molecule has 2 nitrogen and oxygen atoms in total.